The van der Waals surface area contributed by atoms with E-state index in [1.165, 1.54) is 23.2 Å². The topological polar surface area (TPSA) is 133 Å². The summed E-state index contributed by atoms with van der Waals surface area (Å²) in [6, 6.07) is 3.45. The summed E-state index contributed by atoms with van der Waals surface area (Å²) in [5.74, 6) is 0.231. The lowest BCUT2D eigenvalue weighted by atomic mass is 10.1. The van der Waals surface area contributed by atoms with E-state index < -0.39 is 36.8 Å². The molecule has 1 aromatic heterocycles. The van der Waals surface area contributed by atoms with E-state index in [4.69, 9.17) is 14.7 Å². The minimum absolute atomic E-state index is 0.0730. The number of aromatic nitrogens is 2. The summed E-state index contributed by atoms with van der Waals surface area (Å²) in [5, 5.41) is 28.1. The number of aliphatic hydroxyl groups excluding tert-OH is 2. The molecule has 0 saturated carbocycles. The highest BCUT2D eigenvalue weighted by atomic mass is 16.6. The molecule has 0 amide bonds. The first-order valence-electron chi connectivity index (χ1n) is 7.70. The Morgan fingerprint density at radius 2 is 2.36 bits per heavy atom. The number of ether oxygens (including phenoxy) is 2. The van der Waals surface area contributed by atoms with Crippen molar-refractivity contribution in [2.24, 2.45) is 4.99 Å². The number of nitrogens with zero attached hydrogens (tertiary/aromatic N) is 5. The number of nitriles is 1. The zero-order valence-corrected chi connectivity index (χ0v) is 14.0. The molecule has 1 saturated heterocycles. The zero-order chi connectivity index (χ0) is 18.4. The minimum Gasteiger partial charge on any atom is -0.394 e. The van der Waals surface area contributed by atoms with E-state index in [1.807, 2.05) is 6.07 Å². The van der Waals surface area contributed by atoms with Crippen LogP contribution >= 0.6 is 0 Å². The number of hydrogen-bond acceptors (Lipinski definition) is 8. The van der Waals surface area contributed by atoms with Crippen LogP contribution in [0.5, 0.6) is 0 Å². The van der Waals surface area contributed by atoms with Crippen molar-refractivity contribution in [3.63, 3.8) is 0 Å². The zero-order valence-electron chi connectivity index (χ0n) is 14.0. The van der Waals surface area contributed by atoms with Gasteiger partial charge in [-0.3, -0.25) is 4.57 Å². The molecule has 2 rings (SSSR count). The molecule has 10 nitrogen and oxygen atoms in total. The van der Waals surface area contributed by atoms with Gasteiger partial charge in [-0.2, -0.15) is 10.2 Å². The summed E-state index contributed by atoms with van der Waals surface area (Å²) < 4.78 is 12.2. The third-order valence-corrected chi connectivity index (χ3v) is 3.53. The molecule has 1 aromatic rings. The second-order valence-corrected chi connectivity index (χ2v) is 5.67. The van der Waals surface area contributed by atoms with Crippen LogP contribution in [0.25, 0.3) is 0 Å². The Balaban J connectivity index is 2.24. The summed E-state index contributed by atoms with van der Waals surface area (Å²) >= 11 is 0. The van der Waals surface area contributed by atoms with Crippen LogP contribution in [0, 0.1) is 11.3 Å². The molecule has 2 heterocycles. The van der Waals surface area contributed by atoms with Crippen molar-refractivity contribution in [1.82, 2.24) is 14.5 Å². The Bertz CT molecular complexity index is 698. The van der Waals surface area contributed by atoms with Gasteiger partial charge in [-0.25, -0.2) is 9.79 Å². The van der Waals surface area contributed by atoms with E-state index in [0.29, 0.717) is 0 Å². The molecule has 0 aliphatic carbocycles. The Kier molecular flexibility index (Phi) is 6.60. The second-order valence-electron chi connectivity index (χ2n) is 5.67. The van der Waals surface area contributed by atoms with Gasteiger partial charge in [0.2, 0.25) is 0 Å². The lowest BCUT2D eigenvalue weighted by Gasteiger charge is -2.21. The third-order valence-electron chi connectivity index (χ3n) is 3.53. The lowest BCUT2D eigenvalue weighted by Crippen LogP contribution is -2.38. The van der Waals surface area contributed by atoms with Crippen molar-refractivity contribution in [1.29, 1.82) is 5.26 Å². The maximum Gasteiger partial charge on any atom is 0.351 e. The van der Waals surface area contributed by atoms with E-state index >= 15 is 0 Å². The average molecular weight is 351 g/mol. The van der Waals surface area contributed by atoms with Gasteiger partial charge in [0, 0.05) is 20.3 Å². The highest BCUT2D eigenvalue weighted by Gasteiger charge is 2.45. The highest BCUT2D eigenvalue weighted by molar-refractivity contribution is 5.58. The van der Waals surface area contributed by atoms with Gasteiger partial charge in [0.05, 0.1) is 32.0 Å². The molecule has 0 bridgehead atoms. The van der Waals surface area contributed by atoms with E-state index in [2.05, 4.69) is 9.98 Å². The van der Waals surface area contributed by atoms with Crippen molar-refractivity contribution in [3.8, 4) is 6.07 Å². The maximum atomic E-state index is 12.3. The van der Waals surface area contributed by atoms with E-state index in [-0.39, 0.29) is 18.8 Å². The second kappa shape index (κ2) is 8.68. The van der Waals surface area contributed by atoms with Crippen LogP contribution in [-0.4, -0.2) is 76.6 Å². The molecule has 0 radical (unpaired) electrons. The quantitative estimate of drug-likeness (QED) is 0.363. The van der Waals surface area contributed by atoms with Crippen molar-refractivity contribution in [2.75, 3.05) is 27.3 Å². The first-order valence-corrected chi connectivity index (χ1v) is 7.70. The maximum absolute atomic E-state index is 12.3. The smallest absolute Gasteiger partial charge is 0.351 e. The molecule has 1 aliphatic heterocycles. The molecule has 4 atom stereocenters. The molecular weight excluding hydrogens is 330 g/mol. The highest BCUT2D eigenvalue weighted by Crippen LogP contribution is 2.31. The van der Waals surface area contributed by atoms with Crippen LogP contribution in [0.2, 0.25) is 0 Å². The SMILES string of the molecule is CN(C)/C=N/c1ccn([C@@H]2O[C@H](CO)C(O)C2OCCC#N)c(=O)n1. The fourth-order valence-corrected chi connectivity index (χ4v) is 2.36. The molecule has 1 fully saturated rings. The van der Waals surface area contributed by atoms with Crippen molar-refractivity contribution < 1.29 is 19.7 Å². The summed E-state index contributed by atoms with van der Waals surface area (Å²) in [7, 11) is 3.58. The number of hydrogen-bond donors (Lipinski definition) is 2. The first-order chi connectivity index (χ1) is 12.0. The summed E-state index contributed by atoms with van der Waals surface area (Å²) in [6.07, 6.45) is -0.806. The van der Waals surface area contributed by atoms with Crippen LogP contribution in [0.3, 0.4) is 0 Å². The van der Waals surface area contributed by atoms with Gasteiger partial charge in [0.15, 0.2) is 12.0 Å². The lowest BCUT2D eigenvalue weighted by molar-refractivity contribution is -0.0732. The Morgan fingerprint density at radius 3 is 2.96 bits per heavy atom. The Labute approximate surface area is 144 Å². The van der Waals surface area contributed by atoms with Crippen LogP contribution in [0.1, 0.15) is 12.6 Å². The van der Waals surface area contributed by atoms with Crippen LogP contribution in [-0.2, 0) is 9.47 Å². The molecule has 10 heteroatoms. The van der Waals surface area contributed by atoms with E-state index in [1.54, 1.807) is 19.0 Å². The van der Waals surface area contributed by atoms with Gasteiger partial charge in [-0.15, -0.1) is 0 Å². The summed E-state index contributed by atoms with van der Waals surface area (Å²) in [5.41, 5.74) is -0.627. The number of rotatable bonds is 7. The van der Waals surface area contributed by atoms with Gasteiger partial charge in [-0.05, 0) is 6.07 Å². The third kappa shape index (κ3) is 4.61. The van der Waals surface area contributed by atoms with E-state index in [0.717, 1.165) is 0 Å². The van der Waals surface area contributed by atoms with E-state index in [9.17, 15) is 15.0 Å². The predicted octanol–water partition coefficient (Wildman–Crippen LogP) is -0.986. The van der Waals surface area contributed by atoms with Crippen LogP contribution < -0.4 is 5.69 Å². The molecule has 136 valence electrons. The normalized spacial score (nSPS) is 26.0. The van der Waals surface area contributed by atoms with Gasteiger partial charge in [0.25, 0.3) is 0 Å². The largest absolute Gasteiger partial charge is 0.394 e. The summed E-state index contributed by atoms with van der Waals surface area (Å²) in [4.78, 5) is 21.9. The average Bonchev–Trinajstić information content (AvgIpc) is 2.89. The fourth-order valence-electron chi connectivity index (χ4n) is 2.36. The molecule has 0 spiro atoms. The number of aliphatic hydroxyl groups is 2. The monoisotopic (exact) mass is 351 g/mol. The fraction of sp³-hybridized carbons (Fsp3) is 0.600. The van der Waals surface area contributed by atoms with Crippen molar-refractivity contribution >= 4 is 12.2 Å². The van der Waals surface area contributed by atoms with Crippen molar-refractivity contribution in [3.05, 3.63) is 22.7 Å². The predicted molar refractivity (Wildman–Crippen MR) is 87.3 cm³/mol. The first kappa shape index (κ1) is 19.0. The van der Waals surface area contributed by atoms with Crippen molar-refractivity contribution in [2.45, 2.75) is 31.0 Å². The Morgan fingerprint density at radius 1 is 1.60 bits per heavy atom. The molecule has 2 unspecified atom stereocenters. The van der Waals surface area contributed by atoms with Gasteiger partial charge in [0.1, 0.15) is 18.3 Å². The molecule has 25 heavy (non-hydrogen) atoms. The summed E-state index contributed by atoms with van der Waals surface area (Å²) in [6.45, 7) is -0.354. The van der Waals surface area contributed by atoms with Crippen LogP contribution in [0.15, 0.2) is 22.1 Å². The number of aliphatic imine (C=N–C) groups is 1. The molecule has 0 aromatic carbocycles. The minimum atomic E-state index is -1.13. The molecule has 1 aliphatic rings. The van der Waals surface area contributed by atoms with Gasteiger partial charge >= 0.3 is 5.69 Å². The Hall–Kier alpha value is -2.32. The van der Waals surface area contributed by atoms with Crippen LogP contribution in [0.4, 0.5) is 5.82 Å². The molecular formula is C15H21N5O5. The molecule has 2 N–H and O–H groups in total. The standard InChI is InChI=1S/C15H21N5O5/c1-19(2)9-17-11-4-6-20(15(23)18-11)14-13(24-7-3-5-16)12(22)10(8-21)25-14/h4,6,9-10,12-14,21-22H,3,7-8H2,1-2H3/b17-9+/t10-,12?,13?,14-/m1/s1. The van der Waals surface area contributed by atoms with Gasteiger partial charge in [-0.1, -0.05) is 0 Å². The van der Waals surface area contributed by atoms with Gasteiger partial charge < -0.3 is 24.6 Å².